The molecule has 0 saturated carbocycles. The van der Waals surface area contributed by atoms with E-state index in [4.69, 9.17) is 14.6 Å². The minimum atomic E-state index is -1.32. The molecule has 0 atom stereocenters. The van der Waals surface area contributed by atoms with Gasteiger partial charge in [0.2, 0.25) is 5.88 Å². The normalized spacial score (nSPS) is 11.0. The fraction of sp³-hybridized carbons (Fsp3) is 0.136. The van der Waals surface area contributed by atoms with Crippen molar-refractivity contribution in [2.45, 2.75) is 12.8 Å². The number of carbonyl (C=O) groups is 1. The summed E-state index contributed by atoms with van der Waals surface area (Å²) in [6.45, 7) is 0.528. The molecular weight excluding hydrogens is 342 g/mol. The maximum Gasteiger partial charge on any atom is 0.512 e. The van der Waals surface area contributed by atoms with E-state index < -0.39 is 6.16 Å². The lowest BCUT2D eigenvalue weighted by molar-refractivity contribution is 0.142. The second-order valence-electron chi connectivity index (χ2n) is 6.28. The SMILES string of the molecule is O=C(O)Oc1[nH]c2ccccc2c1CCCOc1cccc2ccccc12. The van der Waals surface area contributed by atoms with Crippen LogP contribution in [0.25, 0.3) is 21.7 Å². The number of aryl methyl sites for hydroxylation is 1. The molecule has 4 aromatic rings. The summed E-state index contributed by atoms with van der Waals surface area (Å²) in [7, 11) is 0. The van der Waals surface area contributed by atoms with Gasteiger partial charge in [0.1, 0.15) is 5.75 Å². The van der Waals surface area contributed by atoms with Gasteiger partial charge in [-0.25, -0.2) is 4.79 Å². The second-order valence-corrected chi connectivity index (χ2v) is 6.28. The van der Waals surface area contributed by atoms with Gasteiger partial charge in [-0.1, -0.05) is 54.6 Å². The average Bonchev–Trinajstić information content (AvgIpc) is 3.01. The number of carboxylic acid groups (broad SMARTS) is 1. The Kier molecular flexibility index (Phi) is 4.66. The molecule has 1 heterocycles. The van der Waals surface area contributed by atoms with Crippen molar-refractivity contribution in [3.05, 3.63) is 72.3 Å². The minimum Gasteiger partial charge on any atom is -0.493 e. The third kappa shape index (κ3) is 3.58. The highest BCUT2D eigenvalue weighted by Gasteiger charge is 2.15. The molecule has 0 amide bonds. The molecular formula is C22H19NO4. The molecule has 27 heavy (non-hydrogen) atoms. The van der Waals surface area contributed by atoms with Gasteiger partial charge in [0, 0.05) is 21.9 Å². The molecule has 5 nitrogen and oxygen atoms in total. The van der Waals surface area contributed by atoms with Gasteiger partial charge in [-0.2, -0.15) is 0 Å². The summed E-state index contributed by atoms with van der Waals surface area (Å²) in [5, 5.41) is 12.2. The lowest BCUT2D eigenvalue weighted by Crippen LogP contribution is -2.06. The van der Waals surface area contributed by atoms with Crippen LogP contribution in [-0.4, -0.2) is 22.9 Å². The molecule has 136 valence electrons. The first-order chi connectivity index (χ1) is 13.2. The van der Waals surface area contributed by atoms with Gasteiger partial charge in [0.15, 0.2) is 0 Å². The van der Waals surface area contributed by atoms with Crippen molar-refractivity contribution in [2.24, 2.45) is 0 Å². The topological polar surface area (TPSA) is 71.5 Å². The smallest absolute Gasteiger partial charge is 0.493 e. The number of para-hydroxylation sites is 1. The van der Waals surface area contributed by atoms with Gasteiger partial charge < -0.3 is 19.6 Å². The van der Waals surface area contributed by atoms with E-state index in [1.54, 1.807) is 0 Å². The van der Waals surface area contributed by atoms with Crippen molar-refractivity contribution < 1.29 is 19.4 Å². The molecule has 0 aliphatic heterocycles. The van der Waals surface area contributed by atoms with Crippen LogP contribution >= 0.6 is 0 Å². The van der Waals surface area contributed by atoms with E-state index in [0.29, 0.717) is 13.0 Å². The lowest BCUT2D eigenvalue weighted by atomic mass is 10.1. The molecule has 3 aromatic carbocycles. The van der Waals surface area contributed by atoms with E-state index in [9.17, 15) is 4.79 Å². The van der Waals surface area contributed by atoms with E-state index in [1.165, 1.54) is 0 Å². The highest BCUT2D eigenvalue weighted by Crippen LogP contribution is 2.30. The Morgan fingerprint density at radius 2 is 1.67 bits per heavy atom. The van der Waals surface area contributed by atoms with Crippen molar-refractivity contribution >= 4 is 27.8 Å². The molecule has 0 unspecified atom stereocenters. The van der Waals surface area contributed by atoms with Crippen LogP contribution in [0.3, 0.4) is 0 Å². The van der Waals surface area contributed by atoms with Crippen LogP contribution in [0.2, 0.25) is 0 Å². The molecule has 4 rings (SSSR count). The van der Waals surface area contributed by atoms with Gasteiger partial charge in [0.05, 0.1) is 6.61 Å². The van der Waals surface area contributed by atoms with Crippen LogP contribution < -0.4 is 9.47 Å². The molecule has 0 saturated heterocycles. The Bertz CT molecular complexity index is 1090. The number of benzene rings is 3. The maximum atomic E-state index is 11.0. The van der Waals surface area contributed by atoms with E-state index >= 15 is 0 Å². The van der Waals surface area contributed by atoms with E-state index in [2.05, 4.69) is 17.1 Å². The van der Waals surface area contributed by atoms with Crippen LogP contribution in [-0.2, 0) is 6.42 Å². The summed E-state index contributed by atoms with van der Waals surface area (Å²) in [6.07, 6.45) is 0.0631. The van der Waals surface area contributed by atoms with Gasteiger partial charge in [-0.05, 0) is 30.4 Å². The molecule has 0 aliphatic rings. The van der Waals surface area contributed by atoms with Crippen LogP contribution in [0.1, 0.15) is 12.0 Å². The Morgan fingerprint density at radius 1 is 0.926 bits per heavy atom. The first-order valence-electron chi connectivity index (χ1n) is 8.83. The number of ether oxygens (including phenoxy) is 2. The molecule has 5 heteroatoms. The summed E-state index contributed by atoms with van der Waals surface area (Å²) in [4.78, 5) is 14.0. The lowest BCUT2D eigenvalue weighted by Gasteiger charge is -2.09. The summed E-state index contributed by atoms with van der Waals surface area (Å²) in [5.74, 6) is 1.14. The average molecular weight is 361 g/mol. The van der Waals surface area contributed by atoms with E-state index in [-0.39, 0.29) is 5.88 Å². The molecule has 1 aromatic heterocycles. The summed E-state index contributed by atoms with van der Waals surface area (Å²) < 4.78 is 10.9. The Labute approximate surface area is 156 Å². The predicted octanol–water partition coefficient (Wildman–Crippen LogP) is 5.39. The zero-order valence-corrected chi connectivity index (χ0v) is 14.6. The van der Waals surface area contributed by atoms with Crippen molar-refractivity contribution in [1.29, 1.82) is 0 Å². The van der Waals surface area contributed by atoms with Gasteiger partial charge in [-0.3, -0.25) is 0 Å². The van der Waals surface area contributed by atoms with Crippen molar-refractivity contribution in [3.63, 3.8) is 0 Å². The first kappa shape index (κ1) is 17.0. The van der Waals surface area contributed by atoms with Crippen molar-refractivity contribution in [1.82, 2.24) is 4.98 Å². The predicted molar refractivity (Wildman–Crippen MR) is 105 cm³/mol. The Morgan fingerprint density at radius 3 is 2.52 bits per heavy atom. The quantitative estimate of drug-likeness (QED) is 0.357. The number of nitrogens with one attached hydrogen (secondary N) is 1. The molecule has 0 radical (unpaired) electrons. The number of aromatic amines is 1. The van der Waals surface area contributed by atoms with Gasteiger partial charge in [-0.15, -0.1) is 0 Å². The molecule has 0 bridgehead atoms. The number of hydrogen-bond acceptors (Lipinski definition) is 3. The van der Waals surface area contributed by atoms with Crippen LogP contribution in [0.5, 0.6) is 11.6 Å². The molecule has 0 fully saturated rings. The van der Waals surface area contributed by atoms with Crippen LogP contribution in [0.15, 0.2) is 66.7 Å². The van der Waals surface area contributed by atoms with Gasteiger partial charge in [0.25, 0.3) is 0 Å². The second kappa shape index (κ2) is 7.41. The van der Waals surface area contributed by atoms with Gasteiger partial charge >= 0.3 is 6.16 Å². The number of H-pyrrole nitrogens is 1. The monoisotopic (exact) mass is 361 g/mol. The van der Waals surface area contributed by atoms with Crippen LogP contribution in [0, 0.1) is 0 Å². The highest BCUT2D eigenvalue weighted by atomic mass is 16.7. The number of aromatic nitrogens is 1. The number of hydrogen-bond donors (Lipinski definition) is 2. The highest BCUT2D eigenvalue weighted by molar-refractivity contribution is 5.88. The van der Waals surface area contributed by atoms with E-state index in [0.717, 1.165) is 39.4 Å². The first-order valence-corrected chi connectivity index (χ1v) is 8.83. The van der Waals surface area contributed by atoms with Crippen molar-refractivity contribution in [3.8, 4) is 11.6 Å². The molecule has 0 aliphatic carbocycles. The van der Waals surface area contributed by atoms with Crippen LogP contribution in [0.4, 0.5) is 4.79 Å². The standard InChI is InChI=1S/C22H19NO4/c24-22(25)27-21-18(17-10-3-4-12-19(17)23-21)11-6-14-26-20-13-5-8-15-7-1-2-9-16(15)20/h1-5,7-10,12-13,23H,6,11,14H2,(H,24,25). The largest absolute Gasteiger partial charge is 0.512 e. The zero-order chi connectivity index (χ0) is 18.6. The maximum absolute atomic E-state index is 11.0. The number of rotatable bonds is 6. The third-order valence-electron chi connectivity index (χ3n) is 4.54. The Balaban J connectivity index is 1.48. The summed E-state index contributed by atoms with van der Waals surface area (Å²) in [6, 6.07) is 21.8. The fourth-order valence-corrected chi connectivity index (χ4v) is 3.35. The Hall–Kier alpha value is -3.47. The van der Waals surface area contributed by atoms with E-state index in [1.807, 2.05) is 54.6 Å². The fourth-order valence-electron chi connectivity index (χ4n) is 3.35. The molecule has 0 spiro atoms. The summed E-state index contributed by atoms with van der Waals surface area (Å²) in [5.41, 5.74) is 1.72. The van der Waals surface area contributed by atoms with Crippen molar-refractivity contribution in [2.75, 3.05) is 6.61 Å². The number of fused-ring (bicyclic) bond motifs is 2. The molecule has 2 N–H and O–H groups in total. The third-order valence-corrected chi connectivity index (χ3v) is 4.54. The summed E-state index contributed by atoms with van der Waals surface area (Å²) >= 11 is 0. The zero-order valence-electron chi connectivity index (χ0n) is 14.6. The minimum absolute atomic E-state index is 0.286.